The Balaban J connectivity index is 1.30. The molecule has 4 N–H and O–H groups in total. The molecular formula is C42H31Cl7N8O7. The maximum absolute atomic E-state index is 13.5. The van der Waals surface area contributed by atoms with Gasteiger partial charge in [-0.3, -0.25) is 28.8 Å². The van der Waals surface area contributed by atoms with E-state index in [0.717, 1.165) is 13.8 Å². The van der Waals surface area contributed by atoms with Crippen LogP contribution in [-0.4, -0.2) is 52.8 Å². The smallest absolute Gasteiger partial charge is 0.258 e. The second kappa shape index (κ2) is 22.3. The zero-order chi connectivity index (χ0) is 46.8. The first-order chi connectivity index (χ1) is 30.3. The second-order valence-electron chi connectivity index (χ2n) is 13.3. The Morgan fingerprint density at radius 3 is 1.39 bits per heavy atom. The summed E-state index contributed by atoms with van der Waals surface area (Å²) in [5.74, 6) is -4.52. The fourth-order valence-corrected chi connectivity index (χ4v) is 6.51. The van der Waals surface area contributed by atoms with Gasteiger partial charge in [0, 0.05) is 21.8 Å². The summed E-state index contributed by atoms with van der Waals surface area (Å²) in [6, 6.07) is 17.9. The van der Waals surface area contributed by atoms with Crippen molar-refractivity contribution in [3.05, 3.63) is 132 Å². The van der Waals surface area contributed by atoms with Crippen LogP contribution in [0.25, 0.3) is 0 Å². The third-order valence-corrected chi connectivity index (χ3v) is 10.3. The zero-order valence-corrected chi connectivity index (χ0v) is 38.5. The van der Waals surface area contributed by atoms with Gasteiger partial charge in [0.15, 0.2) is 17.1 Å². The van der Waals surface area contributed by atoms with Gasteiger partial charge in [0.05, 0.1) is 59.7 Å². The van der Waals surface area contributed by atoms with Gasteiger partial charge in [0.25, 0.3) is 23.6 Å². The number of carbonyl (C=O) groups is 6. The van der Waals surface area contributed by atoms with Gasteiger partial charge in [-0.15, -0.1) is 0 Å². The molecule has 0 saturated heterocycles. The lowest BCUT2D eigenvalue weighted by molar-refractivity contribution is -0.127. The van der Waals surface area contributed by atoms with Crippen molar-refractivity contribution in [1.82, 2.24) is 0 Å². The number of amides is 4. The van der Waals surface area contributed by atoms with E-state index in [1.54, 1.807) is 12.1 Å². The Morgan fingerprint density at radius 1 is 0.516 bits per heavy atom. The van der Waals surface area contributed by atoms with E-state index in [2.05, 4.69) is 41.7 Å². The van der Waals surface area contributed by atoms with Crippen LogP contribution in [0, 0.1) is 0 Å². The van der Waals surface area contributed by atoms with Crippen molar-refractivity contribution < 1.29 is 33.5 Å². The van der Waals surface area contributed by atoms with E-state index in [9.17, 15) is 28.8 Å². The zero-order valence-electron chi connectivity index (χ0n) is 33.2. The topological polar surface area (TPSA) is 209 Å². The van der Waals surface area contributed by atoms with E-state index in [-0.39, 0.29) is 71.1 Å². The van der Waals surface area contributed by atoms with Crippen LogP contribution < -0.4 is 26.0 Å². The number of ether oxygens (including phenoxy) is 1. The van der Waals surface area contributed by atoms with Gasteiger partial charge in [-0.2, -0.15) is 20.5 Å². The lowest BCUT2D eigenvalue weighted by atomic mass is 10.1. The summed E-state index contributed by atoms with van der Waals surface area (Å²) in [5.41, 5.74) is -0.242. The number of alkyl halides is 1. The minimum atomic E-state index is -1.67. The first kappa shape index (κ1) is 49.4. The van der Waals surface area contributed by atoms with Crippen molar-refractivity contribution in [1.29, 1.82) is 0 Å². The molecule has 0 heterocycles. The molecule has 0 radical (unpaired) electrons. The van der Waals surface area contributed by atoms with Crippen LogP contribution in [0.5, 0.6) is 5.75 Å². The first-order valence-electron chi connectivity index (χ1n) is 18.3. The average molecular weight is 1010 g/mol. The molecule has 0 aromatic heterocycles. The lowest BCUT2D eigenvalue weighted by Gasteiger charge is -2.17. The van der Waals surface area contributed by atoms with Crippen molar-refractivity contribution in [2.24, 2.45) is 20.5 Å². The van der Waals surface area contributed by atoms with Crippen LogP contribution in [0.15, 0.2) is 111 Å². The summed E-state index contributed by atoms with van der Waals surface area (Å²) >= 11 is 43.1. The molecule has 0 spiro atoms. The Hall–Kier alpha value is -5.65. The van der Waals surface area contributed by atoms with Crippen LogP contribution in [0.2, 0.25) is 30.1 Å². The summed E-state index contributed by atoms with van der Waals surface area (Å²) in [7, 11) is 0. The number of Topliss-reactive ketones (excluding diaryl/α,β-unsaturated/α-hetero) is 2. The number of anilines is 4. The number of benzene rings is 5. The molecule has 64 heavy (non-hydrogen) atoms. The Bertz CT molecular complexity index is 2740. The summed E-state index contributed by atoms with van der Waals surface area (Å²) in [4.78, 5) is 78.2. The lowest BCUT2D eigenvalue weighted by Crippen LogP contribution is -2.32. The highest BCUT2D eigenvalue weighted by Gasteiger charge is 2.27. The standard InChI is InChI=1S/C42H31Cl7N8O7/c1-19(58)37(56-54-25-6-11-29(46)27(16-25)39(60)52-34-14-22(44)4-9-31(34)48)41(62)50-24-8-13-33(36(18-24)64-21(3)43)51-42(63)38(20(2)59)57-55-26-7-12-30(47)28(17-26)40(61)53-35-15-23(45)5-10-32(35)49/h4-18,21,37-38H,1-3H3,(H,50,62)(H,51,63)(H,52,60)(H,53,61). The largest absolute Gasteiger partial charge is 0.473 e. The van der Waals surface area contributed by atoms with Crippen LogP contribution in [0.1, 0.15) is 41.5 Å². The highest BCUT2D eigenvalue weighted by atomic mass is 35.5. The van der Waals surface area contributed by atoms with Gasteiger partial charge in [-0.05, 0) is 106 Å². The second-order valence-corrected chi connectivity index (χ2v) is 16.4. The van der Waals surface area contributed by atoms with Gasteiger partial charge in [-0.25, -0.2) is 0 Å². The molecular weight excluding hydrogens is 977 g/mol. The van der Waals surface area contributed by atoms with Gasteiger partial charge < -0.3 is 26.0 Å². The van der Waals surface area contributed by atoms with Crippen LogP contribution in [0.4, 0.5) is 34.1 Å². The summed E-state index contributed by atoms with van der Waals surface area (Å²) in [5, 5.41) is 27.5. The van der Waals surface area contributed by atoms with E-state index in [0.29, 0.717) is 10.0 Å². The number of azo groups is 2. The van der Waals surface area contributed by atoms with E-state index in [4.69, 9.17) is 85.9 Å². The molecule has 3 atom stereocenters. The Kier molecular flexibility index (Phi) is 17.2. The molecule has 330 valence electrons. The maximum Gasteiger partial charge on any atom is 0.258 e. The normalized spacial score (nSPS) is 12.6. The number of rotatable bonds is 16. The number of hydrogen-bond acceptors (Lipinski definition) is 11. The minimum Gasteiger partial charge on any atom is -0.473 e. The van der Waals surface area contributed by atoms with Crippen LogP contribution >= 0.6 is 81.2 Å². The number of nitrogens with one attached hydrogen (secondary N) is 4. The fourth-order valence-electron chi connectivity index (χ4n) is 5.34. The summed E-state index contributed by atoms with van der Waals surface area (Å²) in [6.07, 6.45) is 0. The molecule has 0 fully saturated rings. The predicted molar refractivity (Wildman–Crippen MR) is 249 cm³/mol. The van der Waals surface area contributed by atoms with Gasteiger partial charge >= 0.3 is 0 Å². The number of hydrogen-bond donors (Lipinski definition) is 4. The molecule has 0 aliphatic rings. The SMILES string of the molecule is CC(=O)C(N=Nc1ccc(Cl)c(C(=O)Nc2cc(Cl)ccc2Cl)c1)C(=O)Nc1ccc(NC(=O)C(N=Nc2ccc(Cl)c(C(=O)Nc3cc(Cl)ccc3Cl)c2)C(C)=O)c(OC(C)Cl)c1. The number of halogens is 7. The molecule has 3 unspecified atom stereocenters. The summed E-state index contributed by atoms with van der Waals surface area (Å²) in [6.45, 7) is 3.74. The Labute approximate surface area is 399 Å². The van der Waals surface area contributed by atoms with Crippen LogP contribution in [0.3, 0.4) is 0 Å². The van der Waals surface area contributed by atoms with Gasteiger partial charge in [0.2, 0.25) is 12.1 Å². The number of carbonyl (C=O) groups excluding carboxylic acids is 6. The van der Waals surface area contributed by atoms with Crippen molar-refractivity contribution in [3.63, 3.8) is 0 Å². The quantitative estimate of drug-likeness (QED) is 0.0426. The summed E-state index contributed by atoms with van der Waals surface area (Å²) < 4.78 is 5.67. The molecule has 5 aromatic rings. The van der Waals surface area contributed by atoms with Crippen molar-refractivity contribution in [2.75, 3.05) is 21.3 Å². The highest BCUT2D eigenvalue weighted by Crippen LogP contribution is 2.33. The first-order valence-corrected chi connectivity index (χ1v) is 21.0. The predicted octanol–water partition coefficient (Wildman–Crippen LogP) is 12.4. The van der Waals surface area contributed by atoms with E-state index < -0.39 is 52.8 Å². The third-order valence-electron chi connectivity index (χ3n) is 8.38. The van der Waals surface area contributed by atoms with Gasteiger partial charge in [-0.1, -0.05) is 81.2 Å². The van der Waals surface area contributed by atoms with Gasteiger partial charge in [0.1, 0.15) is 5.75 Å². The molecule has 22 heteroatoms. The van der Waals surface area contributed by atoms with Crippen molar-refractivity contribution >= 4 is 151 Å². The maximum atomic E-state index is 13.5. The molecule has 15 nitrogen and oxygen atoms in total. The van der Waals surface area contributed by atoms with E-state index in [1.165, 1.54) is 85.8 Å². The van der Waals surface area contributed by atoms with Crippen LogP contribution in [-0.2, 0) is 19.2 Å². The number of ketones is 2. The van der Waals surface area contributed by atoms with Crippen molar-refractivity contribution in [2.45, 2.75) is 38.4 Å². The minimum absolute atomic E-state index is 0.0114. The average Bonchev–Trinajstić information content (AvgIpc) is 3.22. The molecule has 0 aliphatic heterocycles. The molecule has 0 saturated carbocycles. The molecule has 5 aromatic carbocycles. The molecule has 0 aliphatic carbocycles. The monoisotopic (exact) mass is 1000 g/mol. The molecule has 4 amide bonds. The molecule has 5 rings (SSSR count). The van der Waals surface area contributed by atoms with E-state index >= 15 is 0 Å². The van der Waals surface area contributed by atoms with Crippen molar-refractivity contribution in [3.8, 4) is 5.75 Å². The molecule has 0 bridgehead atoms. The Morgan fingerprint density at radius 2 is 0.953 bits per heavy atom. The van der Waals surface area contributed by atoms with E-state index in [1.807, 2.05) is 0 Å². The third kappa shape index (κ3) is 13.4. The fraction of sp³-hybridized carbons (Fsp3) is 0.143. The highest BCUT2D eigenvalue weighted by molar-refractivity contribution is 6.38. The number of nitrogens with zero attached hydrogens (tertiary/aromatic N) is 4.